The molecule has 4 rings (SSSR count). The van der Waals surface area contributed by atoms with Gasteiger partial charge in [-0.15, -0.1) is 0 Å². The third-order valence-electron chi connectivity index (χ3n) is 4.57. The molecule has 2 heterocycles. The quantitative estimate of drug-likeness (QED) is 0.406. The Labute approximate surface area is 160 Å². The molecule has 0 atom stereocenters. The molecule has 0 fully saturated rings. The third kappa shape index (κ3) is 2.95. The fraction of sp³-hybridized carbons (Fsp3) is 0.105. The number of sulfonamides is 1. The van der Waals surface area contributed by atoms with Crippen LogP contribution in [0.1, 0.15) is 6.92 Å². The van der Waals surface area contributed by atoms with Gasteiger partial charge in [0.2, 0.25) is 0 Å². The zero-order valence-electron chi connectivity index (χ0n) is 14.9. The number of aryl methyl sites for hydroxylation is 1. The molecule has 142 valence electrons. The van der Waals surface area contributed by atoms with E-state index in [-0.39, 0.29) is 10.6 Å². The van der Waals surface area contributed by atoms with E-state index >= 15 is 0 Å². The van der Waals surface area contributed by atoms with Gasteiger partial charge in [0.1, 0.15) is 0 Å². The summed E-state index contributed by atoms with van der Waals surface area (Å²) in [6, 6.07) is 12.1. The summed E-state index contributed by atoms with van der Waals surface area (Å²) in [6.07, 6.45) is 3.47. The van der Waals surface area contributed by atoms with E-state index in [0.29, 0.717) is 5.69 Å². The molecule has 0 spiro atoms. The van der Waals surface area contributed by atoms with E-state index in [0.717, 1.165) is 34.4 Å². The molecular formula is C19H16N4O4S. The van der Waals surface area contributed by atoms with Gasteiger partial charge in [-0.1, -0.05) is 6.07 Å². The molecule has 0 saturated carbocycles. The van der Waals surface area contributed by atoms with Crippen LogP contribution in [0.3, 0.4) is 0 Å². The molecule has 9 heteroatoms. The Kier molecular flexibility index (Phi) is 4.23. The molecule has 1 N–H and O–H groups in total. The van der Waals surface area contributed by atoms with Gasteiger partial charge in [-0.2, -0.15) is 0 Å². The Morgan fingerprint density at radius 1 is 1.11 bits per heavy atom. The SMILES string of the molecule is CCn1c2ccncc2c2cc(NS(=O)(=O)c3cccc([N+](=O)[O-])c3)ccc21. The number of anilines is 1. The summed E-state index contributed by atoms with van der Waals surface area (Å²) in [4.78, 5) is 14.3. The van der Waals surface area contributed by atoms with Crippen molar-refractivity contribution in [3.05, 3.63) is 71.0 Å². The number of pyridine rings is 1. The molecule has 0 aliphatic carbocycles. The summed E-state index contributed by atoms with van der Waals surface area (Å²) in [5.74, 6) is 0. The van der Waals surface area contributed by atoms with E-state index in [2.05, 4.69) is 14.3 Å². The molecular weight excluding hydrogens is 380 g/mol. The molecule has 0 aliphatic heterocycles. The van der Waals surface area contributed by atoms with E-state index in [4.69, 9.17) is 0 Å². The minimum absolute atomic E-state index is 0.167. The fourth-order valence-corrected chi connectivity index (χ4v) is 4.42. The number of rotatable bonds is 5. The van der Waals surface area contributed by atoms with Crippen LogP contribution in [0.2, 0.25) is 0 Å². The van der Waals surface area contributed by atoms with Crippen LogP contribution in [0.25, 0.3) is 21.8 Å². The number of hydrogen-bond acceptors (Lipinski definition) is 5. The van der Waals surface area contributed by atoms with Gasteiger partial charge in [-0.25, -0.2) is 8.42 Å². The molecule has 0 radical (unpaired) electrons. The lowest BCUT2D eigenvalue weighted by molar-refractivity contribution is -0.385. The number of nitro groups is 1. The highest BCUT2D eigenvalue weighted by Crippen LogP contribution is 2.31. The maximum absolute atomic E-state index is 12.7. The molecule has 2 aromatic heterocycles. The lowest BCUT2D eigenvalue weighted by Crippen LogP contribution is -2.13. The van der Waals surface area contributed by atoms with Gasteiger partial charge in [-0.05, 0) is 37.3 Å². The van der Waals surface area contributed by atoms with Gasteiger partial charge in [0.25, 0.3) is 15.7 Å². The van der Waals surface area contributed by atoms with E-state index in [1.54, 1.807) is 24.5 Å². The Bertz CT molecular complexity index is 1330. The summed E-state index contributed by atoms with van der Waals surface area (Å²) in [7, 11) is -3.97. The van der Waals surface area contributed by atoms with Crippen molar-refractivity contribution >= 4 is 43.2 Å². The number of benzene rings is 2. The van der Waals surface area contributed by atoms with Crippen molar-refractivity contribution in [3.63, 3.8) is 0 Å². The average molecular weight is 396 g/mol. The largest absolute Gasteiger partial charge is 0.341 e. The molecule has 28 heavy (non-hydrogen) atoms. The van der Waals surface area contributed by atoms with Gasteiger partial charge in [0.15, 0.2) is 0 Å². The maximum atomic E-state index is 12.7. The zero-order valence-corrected chi connectivity index (χ0v) is 15.7. The topological polar surface area (TPSA) is 107 Å². The molecule has 8 nitrogen and oxygen atoms in total. The van der Waals surface area contributed by atoms with Gasteiger partial charge < -0.3 is 4.57 Å². The molecule has 0 unspecified atom stereocenters. The molecule has 0 aliphatic rings. The van der Waals surface area contributed by atoms with Crippen molar-refractivity contribution < 1.29 is 13.3 Å². The van der Waals surface area contributed by atoms with Crippen molar-refractivity contribution in [1.82, 2.24) is 9.55 Å². The number of fused-ring (bicyclic) bond motifs is 3. The summed E-state index contributed by atoms with van der Waals surface area (Å²) in [5, 5.41) is 12.7. The van der Waals surface area contributed by atoms with Crippen LogP contribution in [0.15, 0.2) is 65.8 Å². The fourth-order valence-electron chi connectivity index (χ4n) is 3.33. The van der Waals surface area contributed by atoms with Crippen LogP contribution < -0.4 is 4.72 Å². The Morgan fingerprint density at radius 2 is 1.89 bits per heavy atom. The maximum Gasteiger partial charge on any atom is 0.270 e. The predicted octanol–water partition coefficient (Wildman–Crippen LogP) is 3.92. The van der Waals surface area contributed by atoms with Crippen molar-refractivity contribution in [1.29, 1.82) is 0 Å². The van der Waals surface area contributed by atoms with Crippen LogP contribution in [-0.2, 0) is 16.6 Å². The minimum Gasteiger partial charge on any atom is -0.341 e. The van der Waals surface area contributed by atoms with Crippen LogP contribution in [0.5, 0.6) is 0 Å². The highest BCUT2D eigenvalue weighted by atomic mass is 32.2. The van der Waals surface area contributed by atoms with Crippen molar-refractivity contribution in [2.45, 2.75) is 18.4 Å². The van der Waals surface area contributed by atoms with E-state index in [1.165, 1.54) is 18.2 Å². The monoisotopic (exact) mass is 396 g/mol. The highest BCUT2D eigenvalue weighted by Gasteiger charge is 2.18. The number of nitrogens with zero attached hydrogens (tertiary/aromatic N) is 3. The first-order chi connectivity index (χ1) is 13.4. The van der Waals surface area contributed by atoms with E-state index in [1.807, 2.05) is 19.1 Å². The first-order valence-corrected chi connectivity index (χ1v) is 10.0. The Balaban J connectivity index is 1.79. The van der Waals surface area contributed by atoms with Crippen LogP contribution in [0, 0.1) is 10.1 Å². The van der Waals surface area contributed by atoms with E-state index < -0.39 is 14.9 Å². The smallest absolute Gasteiger partial charge is 0.270 e. The number of aromatic nitrogens is 2. The van der Waals surface area contributed by atoms with Gasteiger partial charge in [-0.3, -0.25) is 19.8 Å². The third-order valence-corrected chi connectivity index (χ3v) is 5.95. The Hall–Kier alpha value is -3.46. The standard InChI is InChI=1S/C19H16N4O4S/c1-2-22-18-7-6-13(10-16(18)17-12-20-9-8-19(17)22)21-28(26,27)15-5-3-4-14(11-15)23(24)25/h3-12,21H,2H2,1H3. The first kappa shape index (κ1) is 17.9. The Morgan fingerprint density at radius 3 is 2.64 bits per heavy atom. The summed E-state index contributed by atoms with van der Waals surface area (Å²) in [6.45, 7) is 2.81. The molecule has 0 saturated heterocycles. The summed E-state index contributed by atoms with van der Waals surface area (Å²) < 4.78 is 30.0. The molecule has 2 aromatic carbocycles. The zero-order chi connectivity index (χ0) is 19.9. The summed E-state index contributed by atoms with van der Waals surface area (Å²) >= 11 is 0. The number of non-ortho nitro benzene ring substituents is 1. The molecule has 4 aromatic rings. The van der Waals surface area contributed by atoms with Crippen molar-refractivity contribution in [3.8, 4) is 0 Å². The second-order valence-electron chi connectivity index (χ2n) is 6.23. The highest BCUT2D eigenvalue weighted by molar-refractivity contribution is 7.92. The predicted molar refractivity (Wildman–Crippen MR) is 107 cm³/mol. The van der Waals surface area contributed by atoms with E-state index in [9.17, 15) is 18.5 Å². The number of nitro benzene ring substituents is 1. The van der Waals surface area contributed by atoms with Crippen LogP contribution in [0.4, 0.5) is 11.4 Å². The van der Waals surface area contributed by atoms with Crippen LogP contribution >= 0.6 is 0 Å². The second-order valence-corrected chi connectivity index (χ2v) is 7.91. The van der Waals surface area contributed by atoms with Crippen molar-refractivity contribution in [2.75, 3.05) is 4.72 Å². The average Bonchev–Trinajstić information content (AvgIpc) is 3.01. The van der Waals surface area contributed by atoms with Gasteiger partial charge >= 0.3 is 0 Å². The normalized spacial score (nSPS) is 11.8. The second kappa shape index (κ2) is 6.61. The van der Waals surface area contributed by atoms with Gasteiger partial charge in [0.05, 0.1) is 15.3 Å². The van der Waals surface area contributed by atoms with Crippen LogP contribution in [-0.4, -0.2) is 22.9 Å². The molecule has 0 bridgehead atoms. The minimum atomic E-state index is -3.97. The van der Waals surface area contributed by atoms with Crippen molar-refractivity contribution in [2.24, 2.45) is 0 Å². The lowest BCUT2D eigenvalue weighted by Gasteiger charge is -2.09. The number of nitrogens with one attached hydrogen (secondary N) is 1. The lowest BCUT2D eigenvalue weighted by atomic mass is 10.2. The molecule has 0 amide bonds. The number of hydrogen-bond donors (Lipinski definition) is 1. The van der Waals surface area contributed by atoms with Gasteiger partial charge in [0, 0.05) is 53.0 Å². The first-order valence-electron chi connectivity index (χ1n) is 8.54. The summed E-state index contributed by atoms with van der Waals surface area (Å²) in [5.41, 5.74) is 2.09.